The van der Waals surface area contributed by atoms with Gasteiger partial charge in [0.15, 0.2) is 0 Å². The van der Waals surface area contributed by atoms with E-state index in [2.05, 4.69) is 69.1 Å². The largest absolute Gasteiger partial charge is 0.508 e. The lowest BCUT2D eigenvalue weighted by Crippen LogP contribution is -2.30. The van der Waals surface area contributed by atoms with Crippen molar-refractivity contribution in [3.8, 4) is 11.5 Å². The lowest BCUT2D eigenvalue weighted by molar-refractivity contribution is 0.208. The van der Waals surface area contributed by atoms with Crippen LogP contribution >= 0.6 is 0 Å². The van der Waals surface area contributed by atoms with Crippen LogP contribution in [0.5, 0.6) is 11.5 Å². The monoisotopic (exact) mass is 415 g/mol. The molecule has 0 heterocycles. The number of rotatable bonds is 9. The van der Waals surface area contributed by atoms with Gasteiger partial charge in [-0.2, -0.15) is 0 Å². The maximum absolute atomic E-state index is 9.78. The Labute approximate surface area is 186 Å². The first kappa shape index (κ1) is 22.6. The molecule has 1 N–H and O–H groups in total. The zero-order chi connectivity index (χ0) is 22.2. The minimum atomic E-state index is 0.274. The number of benzene rings is 3. The second-order valence-electron chi connectivity index (χ2n) is 8.07. The fraction of sp³-hybridized carbons (Fsp3) is 0.286. The predicted octanol–water partition coefficient (Wildman–Crippen LogP) is 6.48. The minimum absolute atomic E-state index is 0.274. The van der Waals surface area contributed by atoms with Gasteiger partial charge in [0.25, 0.3) is 0 Å². The van der Waals surface area contributed by atoms with Gasteiger partial charge < -0.3 is 14.7 Å². The second kappa shape index (κ2) is 10.8. The molecule has 0 aromatic heterocycles. The molecule has 3 aromatic rings. The Morgan fingerprint density at radius 1 is 0.839 bits per heavy atom. The molecule has 0 atom stereocenters. The number of phenolic OH excluding ortho intramolecular Hbond substituents is 1. The van der Waals surface area contributed by atoms with Gasteiger partial charge in [0.1, 0.15) is 18.1 Å². The summed E-state index contributed by atoms with van der Waals surface area (Å²) in [7, 11) is 2.11. The molecule has 0 aliphatic carbocycles. The van der Waals surface area contributed by atoms with Crippen molar-refractivity contribution in [1.29, 1.82) is 0 Å². The van der Waals surface area contributed by atoms with E-state index in [1.54, 1.807) is 12.1 Å². The van der Waals surface area contributed by atoms with E-state index in [1.807, 2.05) is 30.3 Å². The Hall–Kier alpha value is -3.04. The molecule has 0 aliphatic heterocycles. The normalized spacial score (nSPS) is 12.2. The maximum atomic E-state index is 9.78. The van der Waals surface area contributed by atoms with Crippen LogP contribution in [0.2, 0.25) is 0 Å². The zero-order valence-electron chi connectivity index (χ0n) is 19.0. The summed E-state index contributed by atoms with van der Waals surface area (Å²) in [5, 5.41) is 9.78. The smallest absolute Gasteiger partial charge is 0.119 e. The number of likely N-dealkylation sites (N-methyl/N-ethyl adjacent to an activating group) is 1. The van der Waals surface area contributed by atoms with Crippen molar-refractivity contribution in [1.82, 2.24) is 4.90 Å². The average molecular weight is 416 g/mol. The molecule has 0 fully saturated rings. The molecule has 0 spiro atoms. The fourth-order valence-electron chi connectivity index (χ4n) is 3.59. The SMILES string of the molecule is CC/C(=C(\c1ccc(O)cc1)c1ccc(OCCN(C)C(C)C)cc1)c1ccccc1. The third-order valence-corrected chi connectivity index (χ3v) is 5.67. The second-order valence-corrected chi connectivity index (χ2v) is 8.07. The van der Waals surface area contributed by atoms with Crippen molar-refractivity contribution in [3.63, 3.8) is 0 Å². The van der Waals surface area contributed by atoms with Crippen LogP contribution in [0.25, 0.3) is 11.1 Å². The Balaban J connectivity index is 1.93. The Morgan fingerprint density at radius 2 is 1.42 bits per heavy atom. The van der Waals surface area contributed by atoms with Crippen LogP contribution in [-0.4, -0.2) is 36.2 Å². The molecular formula is C28H33NO2. The first-order valence-electron chi connectivity index (χ1n) is 11.0. The summed E-state index contributed by atoms with van der Waals surface area (Å²) in [6.07, 6.45) is 0.903. The van der Waals surface area contributed by atoms with Crippen LogP contribution in [0.15, 0.2) is 78.9 Å². The minimum Gasteiger partial charge on any atom is -0.508 e. The van der Waals surface area contributed by atoms with Crippen LogP contribution < -0.4 is 4.74 Å². The van der Waals surface area contributed by atoms with Crippen LogP contribution in [0.3, 0.4) is 0 Å². The van der Waals surface area contributed by atoms with Crippen LogP contribution in [-0.2, 0) is 0 Å². The van der Waals surface area contributed by atoms with Gasteiger partial charge in [-0.3, -0.25) is 0 Å². The first-order valence-corrected chi connectivity index (χ1v) is 11.0. The summed E-state index contributed by atoms with van der Waals surface area (Å²) in [4.78, 5) is 2.27. The molecule has 0 bridgehead atoms. The highest BCUT2D eigenvalue weighted by Gasteiger charge is 2.13. The third-order valence-electron chi connectivity index (χ3n) is 5.67. The van der Waals surface area contributed by atoms with Gasteiger partial charge in [0.05, 0.1) is 0 Å². The summed E-state index contributed by atoms with van der Waals surface area (Å²) in [6.45, 7) is 8.12. The van der Waals surface area contributed by atoms with Gasteiger partial charge >= 0.3 is 0 Å². The van der Waals surface area contributed by atoms with E-state index in [0.717, 1.165) is 29.8 Å². The third kappa shape index (κ3) is 5.99. The molecule has 0 unspecified atom stereocenters. The topological polar surface area (TPSA) is 32.7 Å². The molecule has 31 heavy (non-hydrogen) atoms. The van der Waals surface area contributed by atoms with E-state index in [9.17, 15) is 5.11 Å². The van der Waals surface area contributed by atoms with E-state index < -0.39 is 0 Å². The van der Waals surface area contributed by atoms with Crippen LogP contribution in [0.1, 0.15) is 43.9 Å². The highest BCUT2D eigenvalue weighted by atomic mass is 16.5. The van der Waals surface area contributed by atoms with Gasteiger partial charge in [-0.25, -0.2) is 0 Å². The Kier molecular flexibility index (Phi) is 7.91. The number of nitrogens with zero attached hydrogens (tertiary/aromatic N) is 1. The summed E-state index contributed by atoms with van der Waals surface area (Å²) in [5.41, 5.74) is 5.90. The highest BCUT2D eigenvalue weighted by Crippen LogP contribution is 2.35. The molecule has 3 rings (SSSR count). The van der Waals surface area contributed by atoms with E-state index >= 15 is 0 Å². The molecule has 0 saturated heterocycles. The Bertz CT molecular complexity index is 974. The molecule has 3 nitrogen and oxygen atoms in total. The fourth-order valence-corrected chi connectivity index (χ4v) is 3.59. The van der Waals surface area contributed by atoms with Gasteiger partial charge in [-0.1, -0.05) is 61.5 Å². The zero-order valence-corrected chi connectivity index (χ0v) is 19.0. The van der Waals surface area contributed by atoms with Gasteiger partial charge in [0, 0.05) is 12.6 Å². The van der Waals surface area contributed by atoms with Crippen molar-refractivity contribution in [2.75, 3.05) is 20.2 Å². The number of hydrogen-bond donors (Lipinski definition) is 1. The van der Waals surface area contributed by atoms with E-state index in [0.29, 0.717) is 12.6 Å². The molecule has 0 saturated carbocycles. The van der Waals surface area contributed by atoms with E-state index in [4.69, 9.17) is 4.74 Å². The number of allylic oxidation sites excluding steroid dienone is 1. The summed E-state index contributed by atoms with van der Waals surface area (Å²) >= 11 is 0. The van der Waals surface area contributed by atoms with Gasteiger partial charge in [-0.15, -0.1) is 0 Å². The van der Waals surface area contributed by atoms with E-state index in [1.165, 1.54) is 16.7 Å². The van der Waals surface area contributed by atoms with Gasteiger partial charge in [0.2, 0.25) is 0 Å². The van der Waals surface area contributed by atoms with Crippen molar-refractivity contribution < 1.29 is 9.84 Å². The van der Waals surface area contributed by atoms with E-state index in [-0.39, 0.29) is 5.75 Å². The maximum Gasteiger partial charge on any atom is 0.119 e. The molecule has 0 radical (unpaired) electrons. The molecular weight excluding hydrogens is 382 g/mol. The van der Waals surface area contributed by atoms with Crippen molar-refractivity contribution in [3.05, 3.63) is 95.6 Å². The summed E-state index contributed by atoms with van der Waals surface area (Å²) in [5.74, 6) is 1.15. The van der Waals surface area contributed by atoms with Crippen LogP contribution in [0.4, 0.5) is 0 Å². The molecule has 3 heteroatoms. The lowest BCUT2D eigenvalue weighted by atomic mass is 9.88. The van der Waals surface area contributed by atoms with Crippen molar-refractivity contribution in [2.45, 2.75) is 33.2 Å². The van der Waals surface area contributed by atoms with Gasteiger partial charge in [-0.05, 0) is 79.4 Å². The summed E-state index contributed by atoms with van der Waals surface area (Å²) < 4.78 is 5.96. The quantitative estimate of drug-likeness (QED) is 0.406. The molecule has 162 valence electrons. The molecule has 0 aliphatic rings. The lowest BCUT2D eigenvalue weighted by Gasteiger charge is -2.21. The number of ether oxygens (including phenoxy) is 1. The highest BCUT2D eigenvalue weighted by molar-refractivity contribution is 5.98. The number of hydrogen-bond acceptors (Lipinski definition) is 3. The number of phenols is 1. The standard InChI is InChI=1S/C28H33NO2/c1-5-27(22-9-7-6-8-10-22)28(23-11-15-25(30)16-12-23)24-13-17-26(18-14-24)31-20-19-29(4)21(2)3/h6-18,21,30H,5,19-20H2,1-4H3/b28-27-. The Morgan fingerprint density at radius 3 is 1.97 bits per heavy atom. The molecule has 3 aromatic carbocycles. The average Bonchev–Trinajstić information content (AvgIpc) is 2.79. The van der Waals surface area contributed by atoms with Crippen LogP contribution in [0, 0.1) is 0 Å². The van der Waals surface area contributed by atoms with Crippen molar-refractivity contribution in [2.24, 2.45) is 0 Å². The molecule has 0 amide bonds. The van der Waals surface area contributed by atoms with Crippen molar-refractivity contribution >= 4 is 11.1 Å². The first-order chi connectivity index (χ1) is 15.0. The number of aromatic hydroxyl groups is 1. The summed E-state index contributed by atoms with van der Waals surface area (Å²) in [6, 6.07) is 26.8. The predicted molar refractivity (Wildman–Crippen MR) is 130 cm³/mol.